The first-order chi connectivity index (χ1) is 4.88. The van der Waals surface area contributed by atoms with Crippen LogP contribution in [-0.2, 0) is 6.54 Å². The maximum Gasteiger partial charge on any atom is 0.182 e. The molecular formula is C6H7N3S. The van der Waals surface area contributed by atoms with Crippen molar-refractivity contribution < 1.29 is 0 Å². The number of hydrogen-bond acceptors (Lipinski definition) is 3. The minimum absolute atomic E-state index is 0.769. The normalized spacial score (nSPS) is 9.20. The summed E-state index contributed by atoms with van der Waals surface area (Å²) in [5.74, 6) is 0. The quantitative estimate of drug-likeness (QED) is 0.477. The molecule has 0 atom stereocenters. The van der Waals surface area contributed by atoms with E-state index in [4.69, 9.17) is 5.26 Å². The van der Waals surface area contributed by atoms with Crippen molar-refractivity contribution in [3.8, 4) is 5.40 Å². The third-order valence-electron chi connectivity index (χ3n) is 1.15. The van der Waals surface area contributed by atoms with Gasteiger partial charge in [-0.3, -0.25) is 0 Å². The van der Waals surface area contributed by atoms with E-state index in [0.29, 0.717) is 0 Å². The molecule has 0 fully saturated rings. The van der Waals surface area contributed by atoms with E-state index >= 15 is 0 Å². The van der Waals surface area contributed by atoms with Crippen molar-refractivity contribution >= 4 is 11.8 Å². The Morgan fingerprint density at radius 2 is 2.70 bits per heavy atom. The van der Waals surface area contributed by atoms with Crippen LogP contribution in [0.4, 0.5) is 0 Å². The first-order valence-corrected chi connectivity index (χ1v) is 3.77. The van der Waals surface area contributed by atoms with Crippen molar-refractivity contribution in [2.45, 2.75) is 18.6 Å². The molecule has 0 amide bonds. The van der Waals surface area contributed by atoms with E-state index in [1.165, 1.54) is 0 Å². The van der Waals surface area contributed by atoms with E-state index in [1.54, 1.807) is 6.20 Å². The van der Waals surface area contributed by atoms with Gasteiger partial charge in [0.25, 0.3) is 0 Å². The van der Waals surface area contributed by atoms with Gasteiger partial charge in [0.1, 0.15) is 5.40 Å². The molecule has 4 heteroatoms. The number of thiocyanates is 1. The lowest BCUT2D eigenvalue weighted by molar-refractivity contribution is 0.682. The molecule has 0 aliphatic rings. The zero-order valence-corrected chi connectivity index (χ0v) is 6.43. The zero-order valence-electron chi connectivity index (χ0n) is 5.61. The fourth-order valence-corrected chi connectivity index (χ4v) is 1.18. The molecular weight excluding hydrogens is 146 g/mol. The third kappa shape index (κ3) is 1.31. The average Bonchev–Trinajstić information content (AvgIpc) is 2.36. The summed E-state index contributed by atoms with van der Waals surface area (Å²) in [5, 5.41) is 11.1. The minimum atomic E-state index is 0.769. The van der Waals surface area contributed by atoms with Gasteiger partial charge >= 0.3 is 0 Å². The number of nitrogens with zero attached hydrogens (tertiary/aromatic N) is 3. The van der Waals surface area contributed by atoms with E-state index in [9.17, 15) is 0 Å². The first kappa shape index (κ1) is 7.16. The Kier molecular flexibility index (Phi) is 2.35. The third-order valence-corrected chi connectivity index (χ3v) is 1.77. The van der Waals surface area contributed by atoms with Crippen LogP contribution < -0.4 is 0 Å². The summed E-state index contributed by atoms with van der Waals surface area (Å²) in [6.45, 7) is 2.88. The van der Waals surface area contributed by atoms with E-state index in [-0.39, 0.29) is 0 Å². The van der Waals surface area contributed by atoms with Crippen molar-refractivity contribution in [1.82, 2.24) is 9.55 Å². The Balaban J connectivity index is 2.82. The van der Waals surface area contributed by atoms with E-state index < -0.39 is 0 Å². The zero-order chi connectivity index (χ0) is 7.40. The molecule has 0 radical (unpaired) electrons. The monoisotopic (exact) mass is 153 g/mol. The number of rotatable bonds is 2. The standard InChI is InChI=1S/C6H7N3S/c1-2-9-4-3-8-6(9)10-5-7/h3-4H,2H2,1H3. The molecule has 1 aromatic heterocycles. The Morgan fingerprint density at radius 1 is 1.90 bits per heavy atom. The molecule has 0 bridgehead atoms. The fraction of sp³-hybridized carbons (Fsp3) is 0.333. The molecule has 0 spiro atoms. The highest BCUT2D eigenvalue weighted by atomic mass is 32.2. The van der Waals surface area contributed by atoms with Crippen LogP contribution in [0.25, 0.3) is 0 Å². The summed E-state index contributed by atoms with van der Waals surface area (Å²) < 4.78 is 1.92. The van der Waals surface area contributed by atoms with E-state index in [2.05, 4.69) is 4.98 Å². The van der Waals surface area contributed by atoms with Crippen molar-refractivity contribution in [3.05, 3.63) is 12.4 Å². The largest absolute Gasteiger partial charge is 0.325 e. The predicted octanol–water partition coefficient (Wildman–Crippen LogP) is 1.48. The van der Waals surface area contributed by atoms with Crippen LogP contribution in [0.3, 0.4) is 0 Å². The number of aromatic nitrogens is 2. The molecule has 0 aliphatic carbocycles. The summed E-state index contributed by atoms with van der Waals surface area (Å²) in [4.78, 5) is 3.98. The number of nitriles is 1. The first-order valence-electron chi connectivity index (χ1n) is 2.95. The van der Waals surface area contributed by atoms with Gasteiger partial charge in [-0.2, -0.15) is 5.26 Å². The molecule has 0 saturated heterocycles. The Morgan fingerprint density at radius 3 is 3.30 bits per heavy atom. The van der Waals surface area contributed by atoms with Crippen LogP contribution in [0.2, 0.25) is 0 Å². The molecule has 0 aromatic carbocycles. The van der Waals surface area contributed by atoms with Crippen molar-refractivity contribution in [2.75, 3.05) is 0 Å². The lowest BCUT2D eigenvalue weighted by atomic mass is 10.7. The molecule has 0 unspecified atom stereocenters. The molecule has 3 nitrogen and oxygen atoms in total. The van der Waals surface area contributed by atoms with Gasteiger partial charge in [0.05, 0.1) is 0 Å². The highest BCUT2D eigenvalue weighted by Gasteiger charge is 1.98. The molecule has 52 valence electrons. The summed E-state index contributed by atoms with van der Waals surface area (Å²) in [7, 11) is 0. The minimum Gasteiger partial charge on any atom is -0.325 e. The predicted molar refractivity (Wildman–Crippen MR) is 39.4 cm³/mol. The topological polar surface area (TPSA) is 41.6 Å². The number of imidazole rings is 1. The van der Waals surface area contributed by atoms with Crippen LogP contribution in [0.1, 0.15) is 6.92 Å². The second-order valence-corrected chi connectivity index (χ2v) is 2.44. The number of hydrogen-bond donors (Lipinski definition) is 0. The smallest absolute Gasteiger partial charge is 0.182 e. The molecule has 1 heterocycles. The molecule has 0 aliphatic heterocycles. The van der Waals surface area contributed by atoms with Crippen LogP contribution >= 0.6 is 11.8 Å². The Labute approximate surface area is 63.7 Å². The van der Waals surface area contributed by atoms with Crippen molar-refractivity contribution in [2.24, 2.45) is 0 Å². The highest BCUT2D eigenvalue weighted by Crippen LogP contribution is 2.12. The van der Waals surface area contributed by atoms with E-state index in [1.807, 2.05) is 23.1 Å². The second-order valence-electron chi connectivity index (χ2n) is 1.69. The average molecular weight is 153 g/mol. The van der Waals surface area contributed by atoms with Gasteiger partial charge in [-0.1, -0.05) is 0 Å². The van der Waals surface area contributed by atoms with Crippen LogP contribution in [0.5, 0.6) is 0 Å². The summed E-state index contributed by atoms with van der Waals surface area (Å²) in [6.07, 6.45) is 3.56. The fourth-order valence-electron chi connectivity index (χ4n) is 0.682. The van der Waals surface area contributed by atoms with Gasteiger partial charge in [-0.15, -0.1) is 0 Å². The maximum atomic E-state index is 8.32. The lowest BCUT2D eigenvalue weighted by Crippen LogP contribution is -1.92. The lowest BCUT2D eigenvalue weighted by Gasteiger charge is -1.96. The van der Waals surface area contributed by atoms with Crippen LogP contribution in [-0.4, -0.2) is 9.55 Å². The van der Waals surface area contributed by atoms with Crippen LogP contribution in [0, 0.1) is 10.7 Å². The van der Waals surface area contributed by atoms with Gasteiger partial charge in [0.15, 0.2) is 5.16 Å². The molecule has 1 aromatic rings. The Bertz CT molecular complexity index is 248. The van der Waals surface area contributed by atoms with Gasteiger partial charge in [-0.25, -0.2) is 4.98 Å². The molecule has 0 saturated carbocycles. The SMILES string of the molecule is CCn1ccnc1SC#N. The maximum absolute atomic E-state index is 8.32. The molecule has 1 rings (SSSR count). The van der Waals surface area contributed by atoms with Crippen LogP contribution in [0.15, 0.2) is 17.6 Å². The van der Waals surface area contributed by atoms with E-state index in [0.717, 1.165) is 23.5 Å². The number of aryl methyl sites for hydroxylation is 1. The van der Waals surface area contributed by atoms with Crippen molar-refractivity contribution in [1.29, 1.82) is 5.26 Å². The van der Waals surface area contributed by atoms with Crippen molar-refractivity contribution in [3.63, 3.8) is 0 Å². The Hall–Kier alpha value is -0.950. The molecule has 0 N–H and O–H groups in total. The highest BCUT2D eigenvalue weighted by molar-refractivity contribution is 8.03. The summed E-state index contributed by atoms with van der Waals surface area (Å²) >= 11 is 1.09. The van der Waals surface area contributed by atoms with Gasteiger partial charge in [0.2, 0.25) is 0 Å². The van der Waals surface area contributed by atoms with Gasteiger partial charge < -0.3 is 4.57 Å². The second kappa shape index (κ2) is 3.28. The van der Waals surface area contributed by atoms with Gasteiger partial charge in [-0.05, 0) is 6.92 Å². The summed E-state index contributed by atoms with van der Waals surface area (Å²) in [5.41, 5.74) is 0. The van der Waals surface area contributed by atoms with Gasteiger partial charge in [0, 0.05) is 30.7 Å². The number of thioether (sulfide) groups is 1. The molecule has 10 heavy (non-hydrogen) atoms. The summed E-state index contributed by atoms with van der Waals surface area (Å²) in [6, 6.07) is 0.